The molecule has 7 heteroatoms. The second-order valence-electron chi connectivity index (χ2n) is 7.20. The molecular formula is C23H26N4O2S. The summed E-state index contributed by atoms with van der Waals surface area (Å²) >= 11 is 1.59. The zero-order chi connectivity index (χ0) is 21.5. The third-order valence-electron chi connectivity index (χ3n) is 5.03. The largest absolute Gasteiger partial charge is 0.399 e. The SMILES string of the molecule is CC(=O)N1CCCC1C.Nc1ccc(-c2csc(-c3ccc(NC=O)cc3)n2)cc1. The van der Waals surface area contributed by atoms with E-state index >= 15 is 0 Å². The summed E-state index contributed by atoms with van der Waals surface area (Å²) in [6.45, 7) is 4.72. The van der Waals surface area contributed by atoms with Crippen LogP contribution in [0.15, 0.2) is 53.9 Å². The summed E-state index contributed by atoms with van der Waals surface area (Å²) in [6, 6.07) is 15.7. The van der Waals surface area contributed by atoms with E-state index in [1.807, 2.05) is 58.8 Å². The Balaban J connectivity index is 0.000000239. The van der Waals surface area contributed by atoms with E-state index in [0.717, 1.165) is 39.7 Å². The molecule has 1 saturated heterocycles. The highest BCUT2D eigenvalue weighted by molar-refractivity contribution is 7.13. The van der Waals surface area contributed by atoms with Crippen LogP contribution in [0.3, 0.4) is 0 Å². The second kappa shape index (κ2) is 10.0. The Morgan fingerprint density at radius 2 is 1.83 bits per heavy atom. The highest BCUT2D eigenvalue weighted by Gasteiger charge is 2.21. The summed E-state index contributed by atoms with van der Waals surface area (Å²) in [5.74, 6) is 0.222. The molecule has 30 heavy (non-hydrogen) atoms. The summed E-state index contributed by atoms with van der Waals surface area (Å²) in [4.78, 5) is 27.7. The minimum Gasteiger partial charge on any atom is -0.399 e. The molecule has 1 aliphatic rings. The Hall–Kier alpha value is -3.19. The number of benzene rings is 2. The van der Waals surface area contributed by atoms with E-state index in [4.69, 9.17) is 5.73 Å². The third-order valence-corrected chi connectivity index (χ3v) is 5.92. The number of rotatable bonds is 4. The number of nitrogens with zero attached hydrogens (tertiary/aromatic N) is 2. The molecule has 1 fully saturated rings. The Morgan fingerprint density at radius 1 is 1.17 bits per heavy atom. The van der Waals surface area contributed by atoms with Crippen molar-refractivity contribution >= 4 is 35.0 Å². The monoisotopic (exact) mass is 422 g/mol. The van der Waals surface area contributed by atoms with Gasteiger partial charge in [0.15, 0.2) is 0 Å². The van der Waals surface area contributed by atoms with Crippen LogP contribution in [-0.4, -0.2) is 34.8 Å². The number of aromatic nitrogens is 1. The van der Waals surface area contributed by atoms with Crippen molar-refractivity contribution in [3.63, 3.8) is 0 Å². The standard InChI is InChI=1S/C16H13N3OS.C7H13NO/c17-13-5-1-11(2-6-13)15-9-21-16(19-15)12-3-7-14(8-4-12)18-10-20;1-6-4-3-5-8(6)7(2)9/h1-10H,17H2,(H,18,20);6H,3-5H2,1-2H3. The molecule has 3 aromatic rings. The first kappa shape index (κ1) is 21.5. The first-order valence-electron chi connectivity index (χ1n) is 9.87. The van der Waals surface area contributed by atoms with E-state index in [-0.39, 0.29) is 5.91 Å². The Morgan fingerprint density at radius 3 is 2.37 bits per heavy atom. The minimum atomic E-state index is 0.222. The molecule has 6 nitrogen and oxygen atoms in total. The fraction of sp³-hybridized carbons (Fsp3) is 0.261. The van der Waals surface area contributed by atoms with Crippen LogP contribution < -0.4 is 11.1 Å². The van der Waals surface area contributed by atoms with Gasteiger partial charge in [-0.1, -0.05) is 12.1 Å². The summed E-state index contributed by atoms with van der Waals surface area (Å²) in [5.41, 5.74) is 10.2. The number of amides is 2. The van der Waals surface area contributed by atoms with Crippen molar-refractivity contribution in [2.45, 2.75) is 32.7 Å². The first-order chi connectivity index (χ1) is 14.5. The highest BCUT2D eigenvalue weighted by atomic mass is 32.1. The quantitative estimate of drug-likeness (QED) is 0.473. The van der Waals surface area contributed by atoms with E-state index in [1.54, 1.807) is 18.3 Å². The number of hydrogen-bond donors (Lipinski definition) is 2. The van der Waals surface area contributed by atoms with Gasteiger partial charge in [0, 0.05) is 47.4 Å². The average molecular weight is 423 g/mol. The molecule has 2 heterocycles. The summed E-state index contributed by atoms with van der Waals surface area (Å²) in [5, 5.41) is 5.58. The maximum atomic E-state index is 10.8. The summed E-state index contributed by atoms with van der Waals surface area (Å²) in [7, 11) is 0. The summed E-state index contributed by atoms with van der Waals surface area (Å²) < 4.78 is 0. The van der Waals surface area contributed by atoms with E-state index in [9.17, 15) is 9.59 Å². The van der Waals surface area contributed by atoms with E-state index < -0.39 is 0 Å². The van der Waals surface area contributed by atoms with Gasteiger partial charge in [0.05, 0.1) is 5.69 Å². The molecule has 156 valence electrons. The van der Waals surface area contributed by atoms with Crippen molar-refractivity contribution in [3.05, 3.63) is 53.9 Å². The zero-order valence-electron chi connectivity index (χ0n) is 17.2. The van der Waals surface area contributed by atoms with Crippen molar-refractivity contribution in [3.8, 4) is 21.8 Å². The van der Waals surface area contributed by atoms with Gasteiger partial charge in [0.1, 0.15) is 5.01 Å². The molecule has 0 spiro atoms. The van der Waals surface area contributed by atoms with Gasteiger partial charge in [0.25, 0.3) is 0 Å². The van der Waals surface area contributed by atoms with Crippen LogP contribution in [0.5, 0.6) is 0 Å². The lowest BCUT2D eigenvalue weighted by Gasteiger charge is -2.18. The van der Waals surface area contributed by atoms with Gasteiger partial charge in [-0.3, -0.25) is 9.59 Å². The van der Waals surface area contributed by atoms with E-state index in [0.29, 0.717) is 12.5 Å². The highest BCUT2D eigenvalue weighted by Crippen LogP contribution is 2.29. The zero-order valence-corrected chi connectivity index (χ0v) is 18.0. The van der Waals surface area contributed by atoms with E-state index in [2.05, 4.69) is 17.2 Å². The predicted octanol–water partition coefficient (Wildman–Crippen LogP) is 4.64. The van der Waals surface area contributed by atoms with Crippen molar-refractivity contribution in [2.75, 3.05) is 17.6 Å². The molecule has 1 aliphatic heterocycles. The molecule has 3 N–H and O–H groups in total. The van der Waals surface area contributed by atoms with Gasteiger partial charge in [-0.2, -0.15) is 0 Å². The normalized spacial score (nSPS) is 15.3. The van der Waals surface area contributed by atoms with Crippen molar-refractivity contribution in [1.82, 2.24) is 9.88 Å². The number of hydrogen-bond acceptors (Lipinski definition) is 5. The molecule has 0 bridgehead atoms. The number of carbonyl (C=O) groups excluding carboxylic acids is 2. The lowest BCUT2D eigenvalue weighted by atomic mass is 10.1. The topological polar surface area (TPSA) is 88.3 Å². The molecule has 1 aromatic heterocycles. The molecule has 1 atom stereocenters. The lowest BCUT2D eigenvalue weighted by Crippen LogP contribution is -2.31. The minimum absolute atomic E-state index is 0.222. The number of nitrogen functional groups attached to an aromatic ring is 1. The molecule has 2 amide bonds. The Bertz CT molecular complexity index is 983. The van der Waals surface area contributed by atoms with Crippen molar-refractivity contribution in [1.29, 1.82) is 0 Å². The number of carbonyl (C=O) groups is 2. The fourth-order valence-corrected chi connectivity index (χ4v) is 4.21. The van der Waals surface area contributed by atoms with Crippen molar-refractivity contribution < 1.29 is 9.59 Å². The molecule has 4 rings (SSSR count). The number of nitrogens with two attached hydrogens (primary N) is 1. The van der Waals surface area contributed by atoms with Crippen LogP contribution in [0.25, 0.3) is 21.8 Å². The smallest absolute Gasteiger partial charge is 0.219 e. The van der Waals surface area contributed by atoms with Gasteiger partial charge >= 0.3 is 0 Å². The number of anilines is 2. The molecule has 0 saturated carbocycles. The maximum Gasteiger partial charge on any atom is 0.219 e. The molecule has 0 radical (unpaired) electrons. The predicted molar refractivity (Wildman–Crippen MR) is 123 cm³/mol. The average Bonchev–Trinajstić information content (AvgIpc) is 3.39. The second-order valence-corrected chi connectivity index (χ2v) is 8.06. The van der Waals surface area contributed by atoms with Gasteiger partial charge in [0.2, 0.25) is 12.3 Å². The van der Waals surface area contributed by atoms with Gasteiger partial charge in [-0.25, -0.2) is 4.98 Å². The van der Waals surface area contributed by atoms with Crippen LogP contribution in [0.1, 0.15) is 26.7 Å². The molecule has 0 aliphatic carbocycles. The van der Waals surface area contributed by atoms with Crippen LogP contribution in [0.4, 0.5) is 11.4 Å². The van der Waals surface area contributed by atoms with Crippen LogP contribution >= 0.6 is 11.3 Å². The van der Waals surface area contributed by atoms with Crippen molar-refractivity contribution in [2.24, 2.45) is 0 Å². The molecule has 1 unspecified atom stereocenters. The first-order valence-corrected chi connectivity index (χ1v) is 10.7. The maximum absolute atomic E-state index is 10.8. The van der Waals surface area contributed by atoms with E-state index in [1.165, 1.54) is 12.8 Å². The Labute approximate surface area is 180 Å². The number of nitrogens with one attached hydrogen (secondary N) is 1. The number of likely N-dealkylation sites (tertiary alicyclic amines) is 1. The third kappa shape index (κ3) is 5.45. The van der Waals surface area contributed by atoms with Crippen LogP contribution in [0, 0.1) is 0 Å². The molecular weight excluding hydrogens is 396 g/mol. The summed E-state index contributed by atoms with van der Waals surface area (Å²) in [6.07, 6.45) is 3.03. The van der Waals surface area contributed by atoms with Gasteiger partial charge < -0.3 is 16.0 Å². The van der Waals surface area contributed by atoms with Crippen LogP contribution in [0.2, 0.25) is 0 Å². The molecule has 2 aromatic carbocycles. The van der Waals surface area contributed by atoms with Gasteiger partial charge in [-0.05, 0) is 56.2 Å². The fourth-order valence-electron chi connectivity index (χ4n) is 3.37. The number of thiazole rings is 1. The lowest BCUT2D eigenvalue weighted by molar-refractivity contribution is -0.129. The van der Waals surface area contributed by atoms with Crippen LogP contribution in [-0.2, 0) is 9.59 Å². The Kier molecular flexibility index (Phi) is 7.19. The van der Waals surface area contributed by atoms with Gasteiger partial charge in [-0.15, -0.1) is 11.3 Å².